The van der Waals surface area contributed by atoms with Crippen LogP contribution in [-0.4, -0.2) is 35.0 Å². The van der Waals surface area contributed by atoms with Crippen LogP contribution in [0, 0.1) is 0 Å². The molecule has 102 valence electrons. The molecule has 1 aromatic carbocycles. The van der Waals surface area contributed by atoms with Crippen LogP contribution in [0.3, 0.4) is 0 Å². The monoisotopic (exact) mass is 264 g/mol. The smallest absolute Gasteiger partial charge is 0.325 e. The van der Waals surface area contributed by atoms with Gasteiger partial charge in [-0.1, -0.05) is 18.2 Å². The first kappa shape index (κ1) is 14.7. The first-order valence-corrected chi connectivity index (χ1v) is 5.81. The Labute approximate surface area is 110 Å². The molecule has 6 heteroatoms. The highest BCUT2D eigenvalue weighted by atomic mass is 16.4. The van der Waals surface area contributed by atoms with Crippen LogP contribution in [0.1, 0.15) is 24.2 Å². The molecule has 0 aliphatic carbocycles. The summed E-state index contributed by atoms with van der Waals surface area (Å²) in [5, 5.41) is 13.4. The van der Waals surface area contributed by atoms with Crippen molar-refractivity contribution in [3.63, 3.8) is 0 Å². The summed E-state index contributed by atoms with van der Waals surface area (Å²) in [7, 11) is 0. The van der Waals surface area contributed by atoms with E-state index in [2.05, 4.69) is 10.6 Å². The van der Waals surface area contributed by atoms with Crippen molar-refractivity contribution in [3.8, 4) is 0 Å². The Morgan fingerprint density at radius 2 is 1.58 bits per heavy atom. The van der Waals surface area contributed by atoms with Crippen molar-refractivity contribution in [3.05, 3.63) is 35.9 Å². The van der Waals surface area contributed by atoms with Crippen LogP contribution >= 0.6 is 0 Å². The van der Waals surface area contributed by atoms with E-state index in [1.165, 1.54) is 13.8 Å². The van der Waals surface area contributed by atoms with E-state index in [0.717, 1.165) is 0 Å². The summed E-state index contributed by atoms with van der Waals surface area (Å²) in [4.78, 5) is 34.0. The number of hydrogen-bond acceptors (Lipinski definition) is 3. The number of aliphatic carboxylic acids is 1. The lowest BCUT2D eigenvalue weighted by Gasteiger charge is -2.16. The van der Waals surface area contributed by atoms with E-state index in [-0.39, 0.29) is 5.91 Å². The van der Waals surface area contributed by atoms with Crippen molar-refractivity contribution in [2.24, 2.45) is 0 Å². The van der Waals surface area contributed by atoms with Crippen molar-refractivity contribution < 1.29 is 19.5 Å². The van der Waals surface area contributed by atoms with Crippen LogP contribution in [0.4, 0.5) is 0 Å². The maximum atomic E-state index is 11.8. The van der Waals surface area contributed by atoms with Crippen molar-refractivity contribution >= 4 is 17.8 Å². The lowest BCUT2D eigenvalue weighted by molar-refractivity contribution is -0.141. The third-order valence-electron chi connectivity index (χ3n) is 2.51. The summed E-state index contributed by atoms with van der Waals surface area (Å²) in [6.45, 7) is 2.84. The van der Waals surface area contributed by atoms with Crippen molar-refractivity contribution in [2.45, 2.75) is 25.9 Å². The average Bonchev–Trinajstić information content (AvgIpc) is 2.39. The number of carbonyl (C=O) groups is 3. The molecule has 0 fully saturated rings. The molecular formula is C13H16N2O4. The Balaban J connectivity index is 2.55. The normalized spacial score (nSPS) is 13.2. The Hall–Kier alpha value is -2.37. The Morgan fingerprint density at radius 1 is 1.00 bits per heavy atom. The predicted octanol–water partition coefficient (Wildman–Crippen LogP) is 0.394. The first-order chi connectivity index (χ1) is 8.91. The molecule has 0 unspecified atom stereocenters. The second-order valence-corrected chi connectivity index (χ2v) is 4.13. The van der Waals surface area contributed by atoms with Gasteiger partial charge in [0.05, 0.1) is 0 Å². The van der Waals surface area contributed by atoms with Crippen LogP contribution in [-0.2, 0) is 9.59 Å². The number of amides is 2. The molecule has 0 heterocycles. The molecule has 0 aromatic heterocycles. The molecule has 2 atom stereocenters. The topological polar surface area (TPSA) is 95.5 Å². The van der Waals surface area contributed by atoms with Gasteiger partial charge < -0.3 is 15.7 Å². The average molecular weight is 264 g/mol. The minimum absolute atomic E-state index is 0.383. The van der Waals surface area contributed by atoms with Gasteiger partial charge in [-0.15, -0.1) is 0 Å². The SMILES string of the molecule is C[C@@H](NC(=O)[C@@H](C)NC(=O)c1ccccc1)C(=O)O. The van der Waals surface area contributed by atoms with E-state index < -0.39 is 24.0 Å². The standard InChI is InChI=1S/C13H16N2O4/c1-8(11(16)15-9(2)13(18)19)14-12(17)10-6-4-3-5-7-10/h3-9H,1-2H3,(H,14,17)(H,15,16)(H,18,19)/t8-,9-/m1/s1. The molecule has 0 saturated carbocycles. The lowest BCUT2D eigenvalue weighted by Crippen LogP contribution is -2.49. The van der Waals surface area contributed by atoms with Crippen LogP contribution in [0.25, 0.3) is 0 Å². The number of carboxylic acids is 1. The Bertz CT molecular complexity index is 473. The van der Waals surface area contributed by atoms with Gasteiger partial charge in [-0.25, -0.2) is 0 Å². The summed E-state index contributed by atoms with van der Waals surface area (Å²) < 4.78 is 0. The summed E-state index contributed by atoms with van der Waals surface area (Å²) in [5.74, 6) is -2.06. The summed E-state index contributed by atoms with van der Waals surface area (Å²) in [6, 6.07) is 6.65. The fraction of sp³-hybridized carbons (Fsp3) is 0.308. The van der Waals surface area contributed by atoms with Crippen LogP contribution in [0.15, 0.2) is 30.3 Å². The molecule has 3 N–H and O–H groups in total. The molecule has 0 saturated heterocycles. The molecule has 2 amide bonds. The van der Waals surface area contributed by atoms with Gasteiger partial charge >= 0.3 is 5.97 Å². The largest absolute Gasteiger partial charge is 0.480 e. The number of carboxylic acid groups (broad SMARTS) is 1. The molecule has 0 radical (unpaired) electrons. The Morgan fingerprint density at radius 3 is 2.11 bits per heavy atom. The molecule has 0 aliphatic rings. The second-order valence-electron chi connectivity index (χ2n) is 4.13. The predicted molar refractivity (Wildman–Crippen MR) is 68.6 cm³/mol. The highest BCUT2D eigenvalue weighted by Gasteiger charge is 2.20. The highest BCUT2D eigenvalue weighted by molar-refractivity contribution is 5.97. The number of rotatable bonds is 5. The maximum absolute atomic E-state index is 11.8. The molecular weight excluding hydrogens is 248 g/mol. The fourth-order valence-corrected chi connectivity index (χ4v) is 1.34. The van der Waals surface area contributed by atoms with Crippen molar-refractivity contribution in [1.29, 1.82) is 0 Å². The van der Waals surface area contributed by atoms with E-state index in [0.29, 0.717) is 5.56 Å². The quantitative estimate of drug-likeness (QED) is 0.717. The highest BCUT2D eigenvalue weighted by Crippen LogP contribution is 1.99. The van der Waals surface area contributed by atoms with Crippen molar-refractivity contribution in [1.82, 2.24) is 10.6 Å². The zero-order valence-corrected chi connectivity index (χ0v) is 10.7. The molecule has 0 spiro atoms. The molecule has 1 rings (SSSR count). The third-order valence-corrected chi connectivity index (χ3v) is 2.51. The molecule has 1 aromatic rings. The van der Waals surface area contributed by atoms with Crippen LogP contribution in [0.5, 0.6) is 0 Å². The van der Waals surface area contributed by atoms with E-state index >= 15 is 0 Å². The van der Waals surface area contributed by atoms with Gasteiger partial charge in [0.25, 0.3) is 5.91 Å². The third kappa shape index (κ3) is 4.42. The minimum atomic E-state index is -1.13. The number of hydrogen-bond donors (Lipinski definition) is 3. The van der Waals surface area contributed by atoms with Gasteiger partial charge in [-0.3, -0.25) is 14.4 Å². The zero-order valence-electron chi connectivity index (χ0n) is 10.7. The van der Waals surface area contributed by atoms with Gasteiger partial charge in [-0.05, 0) is 26.0 Å². The van der Waals surface area contributed by atoms with Gasteiger partial charge in [0.1, 0.15) is 12.1 Å². The van der Waals surface area contributed by atoms with Gasteiger partial charge in [0, 0.05) is 5.56 Å². The summed E-state index contributed by atoms with van der Waals surface area (Å²) in [5.41, 5.74) is 0.438. The molecule has 6 nitrogen and oxygen atoms in total. The maximum Gasteiger partial charge on any atom is 0.325 e. The minimum Gasteiger partial charge on any atom is -0.480 e. The number of benzene rings is 1. The van der Waals surface area contributed by atoms with E-state index in [4.69, 9.17) is 5.11 Å². The van der Waals surface area contributed by atoms with Gasteiger partial charge in [0.2, 0.25) is 5.91 Å². The summed E-state index contributed by atoms with van der Waals surface area (Å²) >= 11 is 0. The number of nitrogens with one attached hydrogen (secondary N) is 2. The molecule has 0 bridgehead atoms. The van der Waals surface area contributed by atoms with Gasteiger partial charge in [0.15, 0.2) is 0 Å². The second kappa shape index (κ2) is 6.53. The van der Waals surface area contributed by atoms with E-state index in [9.17, 15) is 14.4 Å². The molecule has 0 aliphatic heterocycles. The summed E-state index contributed by atoms with van der Waals surface area (Å²) in [6.07, 6.45) is 0. The van der Waals surface area contributed by atoms with E-state index in [1.54, 1.807) is 30.3 Å². The van der Waals surface area contributed by atoms with Gasteiger partial charge in [-0.2, -0.15) is 0 Å². The zero-order chi connectivity index (χ0) is 14.4. The van der Waals surface area contributed by atoms with Crippen molar-refractivity contribution in [2.75, 3.05) is 0 Å². The lowest BCUT2D eigenvalue weighted by atomic mass is 10.2. The van der Waals surface area contributed by atoms with Crippen LogP contribution < -0.4 is 10.6 Å². The number of carbonyl (C=O) groups excluding carboxylic acids is 2. The first-order valence-electron chi connectivity index (χ1n) is 5.81. The van der Waals surface area contributed by atoms with Crippen LogP contribution in [0.2, 0.25) is 0 Å². The fourth-order valence-electron chi connectivity index (χ4n) is 1.34. The Kier molecular flexibility index (Phi) is 5.05. The molecule has 19 heavy (non-hydrogen) atoms. The van der Waals surface area contributed by atoms with E-state index in [1.807, 2.05) is 0 Å².